The van der Waals surface area contributed by atoms with E-state index in [2.05, 4.69) is 10.3 Å². The number of anilines is 2. The lowest BCUT2D eigenvalue weighted by atomic mass is 10.3. The predicted molar refractivity (Wildman–Crippen MR) is 69.4 cm³/mol. The summed E-state index contributed by atoms with van der Waals surface area (Å²) in [6, 6.07) is 8.71. The fraction of sp³-hybridized carbons (Fsp3) is 0. The summed E-state index contributed by atoms with van der Waals surface area (Å²) in [5.74, 6) is 0.500. The molecule has 0 aliphatic rings. The second kappa shape index (κ2) is 5.17. The van der Waals surface area contributed by atoms with Gasteiger partial charge in [-0.2, -0.15) is 0 Å². The molecule has 0 fully saturated rings. The zero-order valence-electron chi connectivity index (χ0n) is 8.65. The first kappa shape index (κ1) is 11.9. The first-order chi connectivity index (χ1) is 8.19. The third-order valence-corrected chi connectivity index (χ3v) is 2.65. The second-order valence-corrected chi connectivity index (χ2v) is 4.19. The van der Waals surface area contributed by atoms with Crippen molar-refractivity contribution in [3.8, 4) is 0 Å². The van der Waals surface area contributed by atoms with Gasteiger partial charge < -0.3 is 5.32 Å². The molecule has 0 spiro atoms. The number of nitrogens with one attached hydrogen (secondary N) is 1. The van der Waals surface area contributed by atoms with Gasteiger partial charge in [-0.05, 0) is 30.3 Å². The van der Waals surface area contributed by atoms with Gasteiger partial charge in [-0.3, -0.25) is 4.79 Å². The molecule has 3 nitrogen and oxygen atoms in total. The van der Waals surface area contributed by atoms with Crippen molar-refractivity contribution in [2.24, 2.45) is 0 Å². The van der Waals surface area contributed by atoms with Gasteiger partial charge in [0.05, 0.1) is 5.02 Å². The Hall–Kier alpha value is -1.58. The number of halogens is 2. The molecule has 2 aromatic rings. The molecule has 0 aliphatic heterocycles. The van der Waals surface area contributed by atoms with Crippen molar-refractivity contribution in [1.82, 2.24) is 4.98 Å². The minimum atomic E-state index is 0.393. The number of carbonyl (C=O) groups excluding carboxylic acids is 1. The Morgan fingerprint density at radius 2 is 1.88 bits per heavy atom. The summed E-state index contributed by atoms with van der Waals surface area (Å²) in [6.07, 6.45) is 2.15. The molecule has 0 aliphatic carbocycles. The van der Waals surface area contributed by atoms with Crippen LogP contribution in [0.2, 0.25) is 10.0 Å². The number of hydrogen-bond acceptors (Lipinski definition) is 3. The Morgan fingerprint density at radius 1 is 1.18 bits per heavy atom. The Morgan fingerprint density at radius 3 is 2.47 bits per heavy atom. The van der Waals surface area contributed by atoms with E-state index in [9.17, 15) is 4.79 Å². The van der Waals surface area contributed by atoms with Crippen molar-refractivity contribution < 1.29 is 4.79 Å². The fourth-order valence-electron chi connectivity index (χ4n) is 1.28. The lowest BCUT2D eigenvalue weighted by molar-refractivity contribution is 0.112. The minimum absolute atomic E-state index is 0.393. The zero-order chi connectivity index (χ0) is 12.3. The molecule has 1 aromatic carbocycles. The molecule has 0 amide bonds. The molecule has 0 bridgehead atoms. The highest BCUT2D eigenvalue weighted by molar-refractivity contribution is 6.33. The molecule has 0 saturated heterocycles. The van der Waals surface area contributed by atoms with Crippen molar-refractivity contribution in [1.29, 1.82) is 0 Å². The number of pyridine rings is 1. The van der Waals surface area contributed by atoms with Crippen LogP contribution in [0.25, 0.3) is 0 Å². The molecule has 17 heavy (non-hydrogen) atoms. The van der Waals surface area contributed by atoms with E-state index in [1.165, 1.54) is 6.20 Å². The summed E-state index contributed by atoms with van der Waals surface area (Å²) in [5, 5.41) is 4.08. The highest BCUT2D eigenvalue weighted by Crippen LogP contribution is 2.24. The summed E-state index contributed by atoms with van der Waals surface area (Å²) in [4.78, 5) is 14.6. The van der Waals surface area contributed by atoms with Crippen LogP contribution in [0.3, 0.4) is 0 Å². The maximum absolute atomic E-state index is 10.5. The number of nitrogens with zero attached hydrogens (tertiary/aromatic N) is 1. The number of benzene rings is 1. The fourth-order valence-corrected chi connectivity index (χ4v) is 1.63. The summed E-state index contributed by atoms with van der Waals surface area (Å²) in [6.45, 7) is 0. The number of hydrogen-bond donors (Lipinski definition) is 1. The van der Waals surface area contributed by atoms with Crippen LogP contribution in [0.4, 0.5) is 11.5 Å². The van der Waals surface area contributed by atoms with E-state index >= 15 is 0 Å². The molecule has 86 valence electrons. The van der Waals surface area contributed by atoms with Gasteiger partial charge in [0.15, 0.2) is 6.29 Å². The van der Waals surface area contributed by atoms with Gasteiger partial charge in [0.1, 0.15) is 5.82 Å². The van der Waals surface area contributed by atoms with Crippen molar-refractivity contribution in [2.45, 2.75) is 0 Å². The van der Waals surface area contributed by atoms with Gasteiger partial charge in [0.2, 0.25) is 0 Å². The molecular weight excluding hydrogens is 259 g/mol. The number of rotatable bonds is 3. The molecule has 0 atom stereocenters. The van der Waals surface area contributed by atoms with E-state index in [0.29, 0.717) is 27.7 Å². The van der Waals surface area contributed by atoms with Gasteiger partial charge >= 0.3 is 0 Å². The smallest absolute Gasteiger partial charge is 0.151 e. The van der Waals surface area contributed by atoms with Crippen molar-refractivity contribution in [3.63, 3.8) is 0 Å². The van der Waals surface area contributed by atoms with Crippen LogP contribution in [0, 0.1) is 0 Å². The van der Waals surface area contributed by atoms with E-state index in [1.54, 1.807) is 18.2 Å². The molecular formula is C12H8Cl2N2O. The summed E-state index contributed by atoms with van der Waals surface area (Å²) < 4.78 is 0. The van der Waals surface area contributed by atoms with Crippen LogP contribution in [0.5, 0.6) is 0 Å². The van der Waals surface area contributed by atoms with Crippen LogP contribution in [0.1, 0.15) is 10.4 Å². The van der Waals surface area contributed by atoms with Gasteiger partial charge in [-0.25, -0.2) is 4.98 Å². The van der Waals surface area contributed by atoms with Crippen molar-refractivity contribution >= 4 is 41.0 Å². The van der Waals surface area contributed by atoms with Crippen LogP contribution >= 0.6 is 23.2 Å². The average Bonchev–Trinajstić information content (AvgIpc) is 2.34. The van der Waals surface area contributed by atoms with E-state index in [-0.39, 0.29) is 0 Å². The Balaban J connectivity index is 2.24. The lowest BCUT2D eigenvalue weighted by Crippen LogP contribution is -1.95. The van der Waals surface area contributed by atoms with Crippen LogP contribution in [-0.4, -0.2) is 11.3 Å². The highest BCUT2D eigenvalue weighted by Gasteiger charge is 2.03. The van der Waals surface area contributed by atoms with E-state index in [0.717, 1.165) is 5.69 Å². The molecule has 1 aromatic heterocycles. The van der Waals surface area contributed by atoms with Crippen LogP contribution in [-0.2, 0) is 0 Å². The van der Waals surface area contributed by atoms with Crippen LogP contribution in [0.15, 0.2) is 36.5 Å². The van der Waals surface area contributed by atoms with E-state index in [4.69, 9.17) is 23.2 Å². The molecule has 0 unspecified atom stereocenters. The third kappa shape index (κ3) is 2.96. The van der Waals surface area contributed by atoms with Gasteiger partial charge in [0.25, 0.3) is 0 Å². The summed E-state index contributed by atoms with van der Waals surface area (Å²) in [7, 11) is 0. The molecule has 1 heterocycles. The second-order valence-electron chi connectivity index (χ2n) is 3.35. The van der Waals surface area contributed by atoms with Gasteiger partial charge in [-0.1, -0.05) is 23.2 Å². The highest BCUT2D eigenvalue weighted by atomic mass is 35.5. The third-order valence-electron chi connectivity index (χ3n) is 2.11. The average molecular weight is 267 g/mol. The largest absolute Gasteiger partial charge is 0.339 e. The quantitative estimate of drug-likeness (QED) is 0.856. The molecule has 0 saturated carbocycles. The standard InChI is InChI=1S/C12H8Cl2N2O/c13-9-1-3-10(4-2-9)16-12-11(14)5-8(7-17)6-15-12/h1-7H,(H,15,16). The van der Waals surface area contributed by atoms with E-state index in [1.807, 2.05) is 12.1 Å². The van der Waals surface area contributed by atoms with Gasteiger partial charge in [0, 0.05) is 22.5 Å². The monoisotopic (exact) mass is 266 g/mol. The summed E-state index contributed by atoms with van der Waals surface area (Å²) >= 11 is 11.8. The Bertz CT molecular complexity index is 541. The number of aldehydes is 1. The first-order valence-corrected chi connectivity index (χ1v) is 5.58. The van der Waals surface area contributed by atoms with E-state index < -0.39 is 0 Å². The Kier molecular flexibility index (Phi) is 3.61. The normalized spacial score (nSPS) is 10.0. The molecule has 5 heteroatoms. The van der Waals surface area contributed by atoms with Crippen molar-refractivity contribution in [3.05, 3.63) is 52.1 Å². The maximum atomic E-state index is 10.5. The SMILES string of the molecule is O=Cc1cnc(Nc2ccc(Cl)cc2)c(Cl)c1. The maximum Gasteiger partial charge on any atom is 0.151 e. The Labute approximate surface area is 108 Å². The minimum Gasteiger partial charge on any atom is -0.339 e. The first-order valence-electron chi connectivity index (χ1n) is 4.82. The lowest BCUT2D eigenvalue weighted by Gasteiger charge is -2.07. The number of aromatic nitrogens is 1. The number of carbonyl (C=O) groups is 1. The molecule has 2 rings (SSSR count). The van der Waals surface area contributed by atoms with Gasteiger partial charge in [-0.15, -0.1) is 0 Å². The summed E-state index contributed by atoms with van der Waals surface area (Å²) in [5.41, 5.74) is 1.26. The van der Waals surface area contributed by atoms with Crippen LogP contribution < -0.4 is 5.32 Å². The zero-order valence-corrected chi connectivity index (χ0v) is 10.2. The topological polar surface area (TPSA) is 42.0 Å². The predicted octanol–water partition coefficient (Wildman–Crippen LogP) is 3.94. The molecule has 1 N–H and O–H groups in total. The molecule has 0 radical (unpaired) electrons. The van der Waals surface area contributed by atoms with Crippen molar-refractivity contribution in [2.75, 3.05) is 5.32 Å².